The third kappa shape index (κ3) is 3.44. The Bertz CT molecular complexity index is 962. The van der Waals surface area contributed by atoms with Crippen molar-refractivity contribution in [2.75, 3.05) is 6.54 Å². The van der Waals surface area contributed by atoms with Crippen molar-refractivity contribution in [2.24, 2.45) is 5.92 Å². The summed E-state index contributed by atoms with van der Waals surface area (Å²) >= 11 is 0. The number of nitrogens with zero attached hydrogens (tertiary/aromatic N) is 3. The van der Waals surface area contributed by atoms with E-state index >= 15 is 0 Å². The number of carbonyl (C=O) groups excluding carboxylic acids is 1. The minimum Gasteiger partial charge on any atom is -0.335 e. The maximum absolute atomic E-state index is 12.9. The molecule has 146 valence electrons. The zero-order chi connectivity index (χ0) is 19.7. The third-order valence-electron chi connectivity index (χ3n) is 6.15. The average Bonchev–Trinajstić information content (AvgIpc) is 3.28. The molecule has 1 amide bonds. The lowest BCUT2D eigenvalue weighted by Gasteiger charge is -2.25. The van der Waals surface area contributed by atoms with Crippen LogP contribution in [-0.4, -0.2) is 26.9 Å². The van der Waals surface area contributed by atoms with Crippen LogP contribution >= 0.6 is 0 Å². The number of hydrogen-bond acceptors (Lipinski definition) is 2. The highest BCUT2D eigenvalue weighted by molar-refractivity contribution is 5.81. The molecule has 0 saturated carbocycles. The molecule has 0 spiro atoms. The summed E-state index contributed by atoms with van der Waals surface area (Å²) in [6.45, 7) is 8.32. The molecule has 4 heteroatoms. The van der Waals surface area contributed by atoms with Gasteiger partial charge in [0.25, 0.3) is 0 Å². The van der Waals surface area contributed by atoms with Crippen molar-refractivity contribution in [3.8, 4) is 0 Å². The first kappa shape index (κ1) is 18.7. The normalized spacial score (nSPS) is 19.3. The zero-order valence-corrected chi connectivity index (χ0v) is 17.0. The molecule has 0 aliphatic carbocycles. The smallest absolute Gasteiger partial charge is 0.223 e. The maximum Gasteiger partial charge on any atom is 0.223 e. The van der Waals surface area contributed by atoms with Gasteiger partial charge in [0.05, 0.1) is 17.1 Å². The standard InChI is InChI=1S/C24H29N3O/c1-4-17(2)15-27-22-13-9-8-12-21(22)25-24(27)20-14-23(28)26(16-20)18(3)19-10-6-5-7-11-19/h5-13,17-18,20H,4,14-16H2,1-3H3. The van der Waals surface area contributed by atoms with E-state index in [2.05, 4.69) is 55.7 Å². The van der Waals surface area contributed by atoms with E-state index in [9.17, 15) is 4.79 Å². The monoisotopic (exact) mass is 375 g/mol. The number of hydrogen-bond donors (Lipinski definition) is 0. The molecule has 4 nitrogen and oxygen atoms in total. The quantitative estimate of drug-likeness (QED) is 0.597. The van der Waals surface area contributed by atoms with Crippen molar-refractivity contribution in [3.63, 3.8) is 0 Å². The summed E-state index contributed by atoms with van der Waals surface area (Å²) < 4.78 is 2.36. The van der Waals surface area contributed by atoms with Gasteiger partial charge < -0.3 is 9.47 Å². The average molecular weight is 376 g/mol. The molecular weight excluding hydrogens is 346 g/mol. The Balaban J connectivity index is 1.65. The fourth-order valence-electron chi connectivity index (χ4n) is 4.23. The van der Waals surface area contributed by atoms with E-state index in [0.717, 1.165) is 30.9 Å². The number of aromatic nitrogens is 2. The topological polar surface area (TPSA) is 38.1 Å². The van der Waals surface area contributed by atoms with E-state index in [1.165, 1.54) is 11.1 Å². The highest BCUT2D eigenvalue weighted by Gasteiger charge is 2.36. The largest absolute Gasteiger partial charge is 0.335 e. The van der Waals surface area contributed by atoms with Crippen molar-refractivity contribution >= 4 is 16.9 Å². The second-order valence-electron chi connectivity index (χ2n) is 8.12. The van der Waals surface area contributed by atoms with E-state index < -0.39 is 0 Å². The van der Waals surface area contributed by atoms with Gasteiger partial charge in [0.15, 0.2) is 0 Å². The molecule has 3 atom stereocenters. The molecule has 2 heterocycles. The molecule has 2 aromatic carbocycles. The first-order valence-corrected chi connectivity index (χ1v) is 10.4. The van der Waals surface area contributed by atoms with Gasteiger partial charge in [-0.2, -0.15) is 0 Å². The molecule has 1 aliphatic heterocycles. The summed E-state index contributed by atoms with van der Waals surface area (Å²) in [4.78, 5) is 19.9. The summed E-state index contributed by atoms with van der Waals surface area (Å²) in [6.07, 6.45) is 1.67. The fraction of sp³-hybridized carbons (Fsp3) is 0.417. The first-order chi connectivity index (χ1) is 13.6. The van der Waals surface area contributed by atoms with E-state index in [4.69, 9.17) is 4.98 Å². The molecule has 1 saturated heterocycles. The Morgan fingerprint density at radius 2 is 1.79 bits per heavy atom. The molecule has 1 fully saturated rings. The Hall–Kier alpha value is -2.62. The maximum atomic E-state index is 12.9. The van der Waals surface area contributed by atoms with Crippen LogP contribution in [-0.2, 0) is 11.3 Å². The summed E-state index contributed by atoms with van der Waals surface area (Å²) in [7, 11) is 0. The lowest BCUT2D eigenvalue weighted by molar-refractivity contribution is -0.129. The minimum atomic E-state index is 0.0890. The molecule has 1 aromatic heterocycles. The van der Waals surface area contributed by atoms with E-state index in [1.807, 2.05) is 29.2 Å². The van der Waals surface area contributed by atoms with Crippen molar-refractivity contribution in [1.29, 1.82) is 0 Å². The van der Waals surface area contributed by atoms with Crippen LogP contribution in [0.1, 0.15) is 57.0 Å². The molecule has 3 aromatic rings. The van der Waals surface area contributed by atoms with Crippen LogP contribution in [0.25, 0.3) is 11.0 Å². The van der Waals surface area contributed by atoms with Gasteiger partial charge in [0.2, 0.25) is 5.91 Å². The Morgan fingerprint density at radius 1 is 1.07 bits per heavy atom. The van der Waals surface area contributed by atoms with E-state index in [0.29, 0.717) is 12.3 Å². The number of carbonyl (C=O) groups is 1. The number of amides is 1. The van der Waals surface area contributed by atoms with Crippen LogP contribution in [0.3, 0.4) is 0 Å². The van der Waals surface area contributed by atoms with E-state index in [-0.39, 0.29) is 17.9 Å². The molecule has 0 bridgehead atoms. The van der Waals surface area contributed by atoms with E-state index in [1.54, 1.807) is 0 Å². The SMILES string of the molecule is CCC(C)Cn1c(C2CC(=O)N(C(C)c3ccccc3)C2)nc2ccccc21. The van der Waals surface area contributed by atoms with Crippen LogP contribution < -0.4 is 0 Å². The van der Waals surface area contributed by atoms with Gasteiger partial charge in [-0.15, -0.1) is 0 Å². The molecule has 0 radical (unpaired) electrons. The van der Waals surface area contributed by atoms with Crippen molar-refractivity contribution in [3.05, 3.63) is 66.0 Å². The second kappa shape index (κ2) is 7.78. The molecular formula is C24H29N3O. The van der Waals surface area contributed by atoms with Crippen LogP contribution in [0.5, 0.6) is 0 Å². The number of rotatable bonds is 6. The van der Waals surface area contributed by atoms with Crippen molar-refractivity contribution < 1.29 is 4.79 Å². The van der Waals surface area contributed by atoms with Gasteiger partial charge in [0.1, 0.15) is 5.82 Å². The lowest BCUT2D eigenvalue weighted by atomic mass is 10.1. The molecule has 28 heavy (non-hydrogen) atoms. The number of likely N-dealkylation sites (tertiary alicyclic amines) is 1. The summed E-state index contributed by atoms with van der Waals surface area (Å²) in [5, 5.41) is 0. The number of benzene rings is 2. The highest BCUT2D eigenvalue weighted by atomic mass is 16.2. The van der Waals surface area contributed by atoms with Crippen LogP contribution in [0, 0.1) is 5.92 Å². The van der Waals surface area contributed by atoms with Gasteiger partial charge in [-0.05, 0) is 30.5 Å². The highest BCUT2D eigenvalue weighted by Crippen LogP contribution is 2.35. The number of para-hydroxylation sites is 2. The summed E-state index contributed by atoms with van der Waals surface area (Å²) in [5.41, 5.74) is 3.40. The molecule has 0 N–H and O–H groups in total. The number of imidazole rings is 1. The van der Waals surface area contributed by atoms with Crippen molar-refractivity contribution in [1.82, 2.24) is 14.5 Å². The Kier molecular flexibility index (Phi) is 5.21. The predicted octanol–water partition coefficient (Wildman–Crippen LogP) is 5.16. The molecule has 3 unspecified atom stereocenters. The molecule has 1 aliphatic rings. The van der Waals surface area contributed by atoms with Crippen molar-refractivity contribution in [2.45, 2.75) is 52.1 Å². The number of fused-ring (bicyclic) bond motifs is 1. The minimum absolute atomic E-state index is 0.0890. The van der Waals surface area contributed by atoms with Gasteiger partial charge >= 0.3 is 0 Å². The lowest BCUT2D eigenvalue weighted by Crippen LogP contribution is -2.28. The van der Waals surface area contributed by atoms with Gasteiger partial charge in [-0.1, -0.05) is 62.7 Å². The summed E-state index contributed by atoms with van der Waals surface area (Å²) in [5.74, 6) is 2.02. The van der Waals surface area contributed by atoms with Crippen LogP contribution in [0.15, 0.2) is 54.6 Å². The van der Waals surface area contributed by atoms with Crippen LogP contribution in [0.4, 0.5) is 0 Å². The zero-order valence-electron chi connectivity index (χ0n) is 17.0. The summed E-state index contributed by atoms with van der Waals surface area (Å²) in [6, 6.07) is 18.7. The predicted molar refractivity (Wildman–Crippen MR) is 113 cm³/mol. The van der Waals surface area contributed by atoms with Gasteiger partial charge in [-0.25, -0.2) is 4.98 Å². The second-order valence-corrected chi connectivity index (χ2v) is 8.12. The first-order valence-electron chi connectivity index (χ1n) is 10.4. The Labute approximate surface area is 167 Å². The van der Waals surface area contributed by atoms with Gasteiger partial charge in [0, 0.05) is 25.4 Å². The molecule has 4 rings (SSSR count). The van der Waals surface area contributed by atoms with Crippen LogP contribution in [0.2, 0.25) is 0 Å². The van der Waals surface area contributed by atoms with Gasteiger partial charge in [-0.3, -0.25) is 4.79 Å². The Morgan fingerprint density at radius 3 is 2.54 bits per heavy atom. The fourth-order valence-corrected chi connectivity index (χ4v) is 4.23. The third-order valence-corrected chi connectivity index (χ3v) is 6.15.